The van der Waals surface area contributed by atoms with Gasteiger partial charge in [-0.1, -0.05) is 0 Å². The highest BCUT2D eigenvalue weighted by molar-refractivity contribution is 7.13. The van der Waals surface area contributed by atoms with E-state index in [-0.39, 0.29) is 17.9 Å². The summed E-state index contributed by atoms with van der Waals surface area (Å²) < 4.78 is 0. The lowest BCUT2D eigenvalue weighted by molar-refractivity contribution is -0.131. The number of carbonyl (C=O) groups is 2. The average molecular weight is 239 g/mol. The van der Waals surface area contributed by atoms with E-state index in [0.717, 1.165) is 5.69 Å². The highest BCUT2D eigenvalue weighted by atomic mass is 32.1. The van der Waals surface area contributed by atoms with E-state index in [2.05, 4.69) is 10.3 Å². The first kappa shape index (κ1) is 11.1. The second kappa shape index (κ2) is 4.21. The van der Waals surface area contributed by atoms with Crippen LogP contribution in [0.1, 0.15) is 18.5 Å². The van der Waals surface area contributed by atoms with Gasteiger partial charge in [0.15, 0.2) is 5.13 Å². The smallest absolute Gasteiger partial charge is 0.248 e. The predicted molar refractivity (Wildman–Crippen MR) is 61.3 cm³/mol. The van der Waals surface area contributed by atoms with Crippen molar-refractivity contribution in [3.63, 3.8) is 0 Å². The summed E-state index contributed by atoms with van der Waals surface area (Å²) in [5.41, 5.74) is 0.885. The molecule has 0 aliphatic carbocycles. The fourth-order valence-electron chi connectivity index (χ4n) is 1.71. The summed E-state index contributed by atoms with van der Waals surface area (Å²) in [6.45, 7) is 1.87. The van der Waals surface area contributed by atoms with Crippen LogP contribution in [0.3, 0.4) is 0 Å². The molecule has 1 aliphatic rings. The maximum Gasteiger partial charge on any atom is 0.248 e. The normalized spacial score (nSPS) is 20.2. The number of nitrogens with one attached hydrogen (secondary N) is 1. The van der Waals surface area contributed by atoms with Gasteiger partial charge in [-0.15, -0.1) is 11.3 Å². The molecule has 1 aromatic heterocycles. The first-order valence-corrected chi connectivity index (χ1v) is 5.94. The monoisotopic (exact) mass is 239 g/mol. The van der Waals surface area contributed by atoms with E-state index in [9.17, 15) is 9.59 Å². The Hall–Kier alpha value is -1.43. The summed E-state index contributed by atoms with van der Waals surface area (Å²) in [4.78, 5) is 28.8. The number of thiazole rings is 1. The van der Waals surface area contributed by atoms with E-state index >= 15 is 0 Å². The molecule has 0 bridgehead atoms. The molecule has 1 aromatic rings. The van der Waals surface area contributed by atoms with Crippen LogP contribution in [0.15, 0.2) is 5.38 Å². The second-order valence-corrected chi connectivity index (χ2v) is 4.70. The highest BCUT2D eigenvalue weighted by Crippen LogP contribution is 2.20. The standard InChI is InChI=1S/C10H13N3O2S/c1-6-5-16-10(11-6)12-9(15)7-3-4-8(14)13(7)2/h5,7H,3-4H2,1-2H3,(H,11,12,15). The summed E-state index contributed by atoms with van der Waals surface area (Å²) in [6, 6.07) is -0.350. The van der Waals surface area contributed by atoms with Gasteiger partial charge in [0.1, 0.15) is 6.04 Å². The maximum absolute atomic E-state index is 11.8. The van der Waals surface area contributed by atoms with E-state index < -0.39 is 0 Å². The predicted octanol–water partition coefficient (Wildman–Crippen LogP) is 1.01. The van der Waals surface area contributed by atoms with Crippen LogP contribution in [-0.4, -0.2) is 34.8 Å². The fraction of sp³-hybridized carbons (Fsp3) is 0.500. The Bertz CT molecular complexity index is 429. The number of hydrogen-bond acceptors (Lipinski definition) is 4. The van der Waals surface area contributed by atoms with Crippen molar-refractivity contribution in [3.05, 3.63) is 11.1 Å². The third kappa shape index (κ3) is 2.06. The summed E-state index contributed by atoms with van der Waals surface area (Å²) in [5.74, 6) is -0.127. The zero-order valence-electron chi connectivity index (χ0n) is 9.19. The Labute approximate surface area is 97.5 Å². The molecule has 86 valence electrons. The number of hydrogen-bond donors (Lipinski definition) is 1. The molecule has 1 N–H and O–H groups in total. The molecule has 0 spiro atoms. The zero-order valence-corrected chi connectivity index (χ0v) is 10.0. The van der Waals surface area contributed by atoms with Gasteiger partial charge in [0.05, 0.1) is 5.69 Å². The Kier molecular flexibility index (Phi) is 2.91. The lowest BCUT2D eigenvalue weighted by Crippen LogP contribution is -2.38. The van der Waals surface area contributed by atoms with Gasteiger partial charge >= 0.3 is 0 Å². The molecular formula is C10H13N3O2S. The van der Waals surface area contributed by atoms with E-state index in [4.69, 9.17) is 0 Å². The quantitative estimate of drug-likeness (QED) is 0.837. The van der Waals surface area contributed by atoms with Gasteiger partial charge in [-0.3, -0.25) is 9.59 Å². The number of carbonyl (C=O) groups excluding carboxylic acids is 2. The molecular weight excluding hydrogens is 226 g/mol. The van der Waals surface area contributed by atoms with E-state index in [1.54, 1.807) is 7.05 Å². The number of nitrogens with zero attached hydrogens (tertiary/aromatic N) is 2. The van der Waals surface area contributed by atoms with E-state index in [1.165, 1.54) is 16.2 Å². The maximum atomic E-state index is 11.8. The number of anilines is 1. The molecule has 1 saturated heterocycles. The minimum absolute atomic E-state index is 0.0236. The van der Waals surface area contributed by atoms with Gasteiger partial charge in [-0.05, 0) is 13.3 Å². The molecule has 16 heavy (non-hydrogen) atoms. The topological polar surface area (TPSA) is 62.3 Å². The summed E-state index contributed by atoms with van der Waals surface area (Å²) in [5, 5.41) is 5.20. The lowest BCUT2D eigenvalue weighted by atomic mass is 10.2. The highest BCUT2D eigenvalue weighted by Gasteiger charge is 2.33. The SMILES string of the molecule is Cc1csc(NC(=O)C2CCC(=O)N2C)n1. The van der Waals surface area contributed by atoms with Crippen molar-refractivity contribution >= 4 is 28.3 Å². The molecule has 6 heteroatoms. The van der Waals surface area contributed by atoms with Gasteiger partial charge in [0.2, 0.25) is 11.8 Å². The van der Waals surface area contributed by atoms with Crippen LogP contribution >= 0.6 is 11.3 Å². The van der Waals surface area contributed by atoms with Crippen LogP contribution in [0, 0.1) is 6.92 Å². The van der Waals surface area contributed by atoms with Crippen molar-refractivity contribution in [1.82, 2.24) is 9.88 Å². The Morgan fingerprint density at radius 1 is 1.69 bits per heavy atom. The third-order valence-electron chi connectivity index (χ3n) is 2.64. The lowest BCUT2D eigenvalue weighted by Gasteiger charge is -2.18. The van der Waals surface area contributed by atoms with Crippen molar-refractivity contribution in [3.8, 4) is 0 Å². The third-order valence-corrected chi connectivity index (χ3v) is 3.52. The number of aromatic nitrogens is 1. The molecule has 0 radical (unpaired) electrons. The number of amides is 2. The Morgan fingerprint density at radius 3 is 2.94 bits per heavy atom. The van der Waals surface area contributed by atoms with Crippen LogP contribution in [0.4, 0.5) is 5.13 Å². The van der Waals surface area contributed by atoms with Gasteiger partial charge in [0.25, 0.3) is 0 Å². The van der Waals surface area contributed by atoms with Crippen molar-refractivity contribution in [2.75, 3.05) is 12.4 Å². The largest absolute Gasteiger partial charge is 0.334 e. The molecule has 2 heterocycles. The number of likely N-dealkylation sites (N-methyl/N-ethyl adjacent to an activating group) is 1. The summed E-state index contributed by atoms with van der Waals surface area (Å²) in [6.07, 6.45) is 1.04. The summed E-state index contributed by atoms with van der Waals surface area (Å²) >= 11 is 1.39. The first-order chi connectivity index (χ1) is 7.58. The van der Waals surface area contributed by atoms with Crippen LogP contribution < -0.4 is 5.32 Å². The Balaban J connectivity index is 2.01. The molecule has 2 amide bonds. The molecule has 5 nitrogen and oxygen atoms in total. The summed E-state index contributed by atoms with van der Waals surface area (Å²) in [7, 11) is 1.66. The average Bonchev–Trinajstić information content (AvgIpc) is 2.76. The van der Waals surface area contributed by atoms with Crippen molar-refractivity contribution in [2.45, 2.75) is 25.8 Å². The van der Waals surface area contributed by atoms with Crippen molar-refractivity contribution in [2.24, 2.45) is 0 Å². The van der Waals surface area contributed by atoms with Gasteiger partial charge < -0.3 is 10.2 Å². The minimum atomic E-state index is -0.350. The Morgan fingerprint density at radius 2 is 2.44 bits per heavy atom. The number of aryl methyl sites for hydroxylation is 1. The van der Waals surface area contributed by atoms with Crippen LogP contribution in [0.2, 0.25) is 0 Å². The molecule has 1 fully saturated rings. The minimum Gasteiger partial charge on any atom is -0.334 e. The molecule has 1 aliphatic heterocycles. The van der Waals surface area contributed by atoms with Crippen molar-refractivity contribution in [1.29, 1.82) is 0 Å². The number of rotatable bonds is 2. The van der Waals surface area contributed by atoms with Gasteiger partial charge in [0, 0.05) is 18.8 Å². The first-order valence-electron chi connectivity index (χ1n) is 5.06. The van der Waals surface area contributed by atoms with Gasteiger partial charge in [-0.25, -0.2) is 4.98 Å². The van der Waals surface area contributed by atoms with Crippen molar-refractivity contribution < 1.29 is 9.59 Å². The van der Waals surface area contributed by atoms with E-state index in [0.29, 0.717) is 18.0 Å². The molecule has 0 aromatic carbocycles. The molecule has 1 unspecified atom stereocenters. The van der Waals surface area contributed by atoms with Crippen LogP contribution in [0.25, 0.3) is 0 Å². The van der Waals surface area contributed by atoms with Crippen LogP contribution in [0.5, 0.6) is 0 Å². The second-order valence-electron chi connectivity index (χ2n) is 3.84. The van der Waals surface area contributed by atoms with Crippen LogP contribution in [-0.2, 0) is 9.59 Å². The molecule has 0 saturated carbocycles. The van der Waals surface area contributed by atoms with Gasteiger partial charge in [-0.2, -0.15) is 0 Å². The fourth-order valence-corrected chi connectivity index (χ4v) is 2.40. The van der Waals surface area contributed by atoms with E-state index in [1.807, 2.05) is 12.3 Å². The number of likely N-dealkylation sites (tertiary alicyclic amines) is 1. The zero-order chi connectivity index (χ0) is 11.7. The molecule has 2 rings (SSSR count). The molecule has 1 atom stereocenters.